The molecule has 0 saturated carbocycles. The van der Waals surface area contributed by atoms with E-state index in [4.69, 9.17) is 0 Å². The molecular weight excluding hydrogens is 131 g/mol. The molecular formula is C10H22B. The monoisotopic (exact) mass is 153 g/mol. The molecule has 0 saturated heterocycles. The summed E-state index contributed by atoms with van der Waals surface area (Å²) in [5.41, 5.74) is 0. The molecule has 0 amide bonds. The summed E-state index contributed by atoms with van der Waals surface area (Å²) in [5.74, 6) is 3.22. The Balaban J connectivity index is 3.90. The molecule has 0 aliphatic heterocycles. The van der Waals surface area contributed by atoms with Crippen LogP contribution < -0.4 is 0 Å². The van der Waals surface area contributed by atoms with Gasteiger partial charge in [0.05, 0.1) is 0 Å². The predicted octanol–water partition coefficient (Wildman–Crippen LogP) is 3.48. The molecule has 0 spiro atoms. The highest BCUT2D eigenvalue weighted by Gasteiger charge is 2.19. The number of hydrogen-bond acceptors (Lipinski definition) is 0. The first-order chi connectivity index (χ1) is 5.00. The van der Waals surface area contributed by atoms with Gasteiger partial charge in [-0.25, -0.2) is 0 Å². The molecule has 1 radical (unpaired) electrons. The molecule has 0 bridgehead atoms. The van der Waals surface area contributed by atoms with Crippen LogP contribution in [0.2, 0.25) is 12.6 Å². The fourth-order valence-electron chi connectivity index (χ4n) is 1.39. The Morgan fingerprint density at radius 1 is 0.818 bits per heavy atom. The summed E-state index contributed by atoms with van der Waals surface area (Å²) in [6.07, 6.45) is 0. The van der Waals surface area contributed by atoms with Gasteiger partial charge in [-0.3, -0.25) is 0 Å². The molecule has 0 aliphatic rings. The van der Waals surface area contributed by atoms with Crippen LogP contribution in [-0.4, -0.2) is 7.28 Å². The standard InChI is InChI=1S/C10H22B/c1-7(2)8(3)9(4)10(5)11-6/h7-10H,1-6H3. The molecule has 0 aromatic rings. The van der Waals surface area contributed by atoms with Crippen LogP contribution in [-0.2, 0) is 0 Å². The third-order valence-corrected chi connectivity index (χ3v) is 3.24. The lowest BCUT2D eigenvalue weighted by Gasteiger charge is -2.28. The second-order valence-electron chi connectivity index (χ2n) is 4.15. The van der Waals surface area contributed by atoms with Gasteiger partial charge in [-0.2, -0.15) is 0 Å². The smallest absolute Gasteiger partial charge is 0.0917 e. The van der Waals surface area contributed by atoms with Gasteiger partial charge in [0.25, 0.3) is 0 Å². The first kappa shape index (κ1) is 11.1. The van der Waals surface area contributed by atoms with E-state index >= 15 is 0 Å². The maximum absolute atomic E-state index is 2.36. The topological polar surface area (TPSA) is 0 Å². The van der Waals surface area contributed by atoms with E-state index in [0.717, 1.165) is 23.6 Å². The van der Waals surface area contributed by atoms with Crippen LogP contribution in [0.1, 0.15) is 34.6 Å². The summed E-state index contributed by atoms with van der Waals surface area (Å²) in [6, 6.07) is 0. The molecule has 0 rings (SSSR count). The minimum Gasteiger partial charge on any atom is -0.0917 e. The Morgan fingerprint density at radius 2 is 1.27 bits per heavy atom. The molecule has 65 valence electrons. The van der Waals surface area contributed by atoms with Crippen molar-refractivity contribution < 1.29 is 0 Å². The zero-order valence-corrected chi connectivity index (χ0v) is 8.89. The van der Waals surface area contributed by atoms with Gasteiger partial charge in [-0.15, -0.1) is 0 Å². The fourth-order valence-corrected chi connectivity index (χ4v) is 1.39. The highest BCUT2D eigenvalue weighted by molar-refractivity contribution is 6.35. The quantitative estimate of drug-likeness (QED) is 0.542. The summed E-state index contributed by atoms with van der Waals surface area (Å²) in [5, 5.41) is 0. The number of hydrogen-bond donors (Lipinski definition) is 0. The Kier molecular flexibility index (Phi) is 4.87. The van der Waals surface area contributed by atoms with E-state index in [-0.39, 0.29) is 0 Å². The highest BCUT2D eigenvalue weighted by Crippen LogP contribution is 2.29. The van der Waals surface area contributed by atoms with Gasteiger partial charge in [0.1, 0.15) is 7.28 Å². The third-order valence-electron chi connectivity index (χ3n) is 3.24. The van der Waals surface area contributed by atoms with Gasteiger partial charge in [0.15, 0.2) is 0 Å². The summed E-state index contributed by atoms with van der Waals surface area (Å²) < 4.78 is 0. The highest BCUT2D eigenvalue weighted by atomic mass is 14.2. The lowest BCUT2D eigenvalue weighted by Crippen LogP contribution is -2.19. The van der Waals surface area contributed by atoms with Gasteiger partial charge >= 0.3 is 0 Å². The molecule has 0 heterocycles. The average molecular weight is 153 g/mol. The van der Waals surface area contributed by atoms with Crippen LogP contribution in [0.5, 0.6) is 0 Å². The van der Waals surface area contributed by atoms with Crippen molar-refractivity contribution >= 4 is 7.28 Å². The zero-order valence-electron chi connectivity index (χ0n) is 8.89. The van der Waals surface area contributed by atoms with Crippen molar-refractivity contribution in [2.45, 2.75) is 47.3 Å². The van der Waals surface area contributed by atoms with Crippen LogP contribution in [0.15, 0.2) is 0 Å². The van der Waals surface area contributed by atoms with Crippen LogP contribution in [0.4, 0.5) is 0 Å². The van der Waals surface area contributed by atoms with Crippen LogP contribution >= 0.6 is 0 Å². The lowest BCUT2D eigenvalue weighted by atomic mass is 9.59. The van der Waals surface area contributed by atoms with Crippen molar-refractivity contribution in [1.29, 1.82) is 0 Å². The van der Waals surface area contributed by atoms with Crippen molar-refractivity contribution in [3.8, 4) is 0 Å². The third kappa shape index (κ3) is 3.31. The summed E-state index contributed by atoms with van der Waals surface area (Å²) in [4.78, 5) is 0. The number of rotatable bonds is 4. The van der Waals surface area contributed by atoms with E-state index in [1.54, 1.807) is 0 Å². The van der Waals surface area contributed by atoms with Crippen molar-refractivity contribution in [2.24, 2.45) is 17.8 Å². The fraction of sp³-hybridized carbons (Fsp3) is 1.00. The maximum Gasteiger partial charge on any atom is 0.110 e. The molecule has 0 aromatic heterocycles. The molecule has 0 aliphatic carbocycles. The minimum atomic E-state index is 0.757. The second-order valence-corrected chi connectivity index (χ2v) is 4.15. The van der Waals surface area contributed by atoms with Gasteiger partial charge in [-0.1, -0.05) is 47.3 Å². The molecule has 3 atom stereocenters. The molecule has 0 aromatic carbocycles. The SMILES string of the molecule is C[B]C(C)C(C)C(C)C(C)C. The van der Waals surface area contributed by atoms with Gasteiger partial charge in [0, 0.05) is 0 Å². The lowest BCUT2D eigenvalue weighted by molar-refractivity contribution is 0.289. The average Bonchev–Trinajstić information content (AvgIpc) is 2.00. The van der Waals surface area contributed by atoms with Crippen LogP contribution in [0.3, 0.4) is 0 Å². The Bertz CT molecular complexity index is 99.0. The molecule has 11 heavy (non-hydrogen) atoms. The summed E-state index contributed by atoms with van der Waals surface area (Å²) in [7, 11) is 2.31. The second kappa shape index (κ2) is 4.85. The maximum atomic E-state index is 2.36. The van der Waals surface area contributed by atoms with Gasteiger partial charge in [0.2, 0.25) is 0 Å². The van der Waals surface area contributed by atoms with E-state index in [9.17, 15) is 0 Å². The Labute approximate surface area is 73.0 Å². The summed E-state index contributed by atoms with van der Waals surface area (Å²) >= 11 is 0. The van der Waals surface area contributed by atoms with Crippen molar-refractivity contribution in [2.75, 3.05) is 0 Å². The van der Waals surface area contributed by atoms with E-state index in [0.29, 0.717) is 0 Å². The van der Waals surface area contributed by atoms with Gasteiger partial charge in [-0.05, 0) is 17.8 Å². The zero-order chi connectivity index (χ0) is 9.02. The van der Waals surface area contributed by atoms with E-state index in [1.165, 1.54) is 0 Å². The van der Waals surface area contributed by atoms with Gasteiger partial charge < -0.3 is 0 Å². The minimum absolute atomic E-state index is 0.757. The summed E-state index contributed by atoms with van der Waals surface area (Å²) in [6.45, 7) is 13.8. The molecule has 1 heteroatoms. The molecule has 0 fully saturated rings. The van der Waals surface area contributed by atoms with Crippen molar-refractivity contribution in [3.63, 3.8) is 0 Å². The largest absolute Gasteiger partial charge is 0.110 e. The van der Waals surface area contributed by atoms with Crippen LogP contribution in [0, 0.1) is 17.8 Å². The first-order valence-corrected chi connectivity index (χ1v) is 4.80. The molecule has 0 N–H and O–H groups in total. The Morgan fingerprint density at radius 3 is 1.55 bits per heavy atom. The Hall–Kier alpha value is 0.0649. The van der Waals surface area contributed by atoms with Crippen molar-refractivity contribution in [3.05, 3.63) is 0 Å². The first-order valence-electron chi connectivity index (χ1n) is 4.80. The molecule has 0 nitrogen and oxygen atoms in total. The van der Waals surface area contributed by atoms with Crippen LogP contribution in [0.25, 0.3) is 0 Å². The van der Waals surface area contributed by atoms with E-state index < -0.39 is 0 Å². The van der Waals surface area contributed by atoms with E-state index in [1.807, 2.05) is 0 Å². The van der Waals surface area contributed by atoms with E-state index in [2.05, 4.69) is 48.7 Å². The normalized spacial score (nSPS) is 19.5. The van der Waals surface area contributed by atoms with Crippen molar-refractivity contribution in [1.82, 2.24) is 0 Å². The molecule has 3 unspecified atom stereocenters. The predicted molar refractivity (Wildman–Crippen MR) is 54.2 cm³/mol.